The minimum Gasteiger partial charge on any atom is -0.368 e. The standard InChI is InChI=1S/C24H22Cl2N4OS/c25-18-3-1-17(2-4-18)22-15-30-21(16-32-24(30)27-22)9-10-23(31)29-13-11-28(12-14-29)20-7-5-19(26)6-8-20/h1-8,15-16H,9-14H2. The third kappa shape index (κ3) is 4.49. The molecule has 1 fully saturated rings. The second-order valence-corrected chi connectivity index (χ2v) is 9.57. The van der Waals surface area contributed by atoms with E-state index >= 15 is 0 Å². The number of thiazole rings is 1. The first kappa shape index (κ1) is 21.3. The normalized spacial score (nSPS) is 14.3. The maximum Gasteiger partial charge on any atom is 0.223 e. The van der Waals surface area contributed by atoms with E-state index in [-0.39, 0.29) is 5.91 Å². The van der Waals surface area contributed by atoms with Crippen molar-refractivity contribution in [3.8, 4) is 11.3 Å². The Morgan fingerprint density at radius 1 is 0.938 bits per heavy atom. The molecule has 0 saturated carbocycles. The molecule has 4 aromatic rings. The van der Waals surface area contributed by atoms with E-state index in [2.05, 4.69) is 14.7 Å². The number of imidazole rings is 1. The predicted molar refractivity (Wildman–Crippen MR) is 132 cm³/mol. The molecule has 1 amide bonds. The van der Waals surface area contributed by atoms with Crippen molar-refractivity contribution in [1.29, 1.82) is 0 Å². The van der Waals surface area contributed by atoms with E-state index in [1.807, 2.05) is 59.6 Å². The topological polar surface area (TPSA) is 40.9 Å². The van der Waals surface area contributed by atoms with E-state index < -0.39 is 0 Å². The Labute approximate surface area is 200 Å². The largest absolute Gasteiger partial charge is 0.368 e. The fraction of sp³-hybridized carbons (Fsp3) is 0.250. The van der Waals surface area contributed by atoms with Crippen LogP contribution in [0.2, 0.25) is 10.0 Å². The lowest BCUT2D eigenvalue weighted by Crippen LogP contribution is -2.48. The van der Waals surface area contributed by atoms with Gasteiger partial charge in [0.05, 0.1) is 5.69 Å². The maximum absolute atomic E-state index is 12.8. The number of fused-ring (bicyclic) bond motifs is 1. The Morgan fingerprint density at radius 3 is 2.28 bits per heavy atom. The number of carbonyl (C=O) groups is 1. The molecule has 0 unspecified atom stereocenters. The highest BCUT2D eigenvalue weighted by atomic mass is 35.5. The number of benzene rings is 2. The maximum atomic E-state index is 12.8. The molecule has 0 radical (unpaired) electrons. The molecule has 164 valence electrons. The Balaban J connectivity index is 1.19. The van der Waals surface area contributed by atoms with E-state index in [0.29, 0.717) is 17.9 Å². The summed E-state index contributed by atoms with van der Waals surface area (Å²) in [5, 5.41) is 3.55. The lowest BCUT2D eigenvalue weighted by atomic mass is 10.2. The van der Waals surface area contributed by atoms with Crippen molar-refractivity contribution in [3.63, 3.8) is 0 Å². The zero-order valence-electron chi connectivity index (χ0n) is 17.4. The van der Waals surface area contributed by atoms with Crippen molar-refractivity contribution in [2.45, 2.75) is 12.8 Å². The summed E-state index contributed by atoms with van der Waals surface area (Å²) in [6.07, 6.45) is 3.24. The summed E-state index contributed by atoms with van der Waals surface area (Å²) in [7, 11) is 0. The van der Waals surface area contributed by atoms with Gasteiger partial charge in [0.1, 0.15) is 0 Å². The van der Waals surface area contributed by atoms with Gasteiger partial charge in [0, 0.05) is 71.2 Å². The van der Waals surface area contributed by atoms with E-state index in [0.717, 1.165) is 58.8 Å². The zero-order valence-corrected chi connectivity index (χ0v) is 19.7. The first-order chi connectivity index (χ1) is 15.6. The van der Waals surface area contributed by atoms with Gasteiger partial charge in [0.25, 0.3) is 0 Å². The summed E-state index contributed by atoms with van der Waals surface area (Å²) in [5.74, 6) is 0.207. The first-order valence-corrected chi connectivity index (χ1v) is 12.2. The highest BCUT2D eigenvalue weighted by Crippen LogP contribution is 2.26. The van der Waals surface area contributed by atoms with Crippen molar-refractivity contribution in [1.82, 2.24) is 14.3 Å². The molecule has 1 saturated heterocycles. The van der Waals surface area contributed by atoms with Crippen molar-refractivity contribution in [3.05, 3.63) is 75.8 Å². The SMILES string of the molecule is O=C(CCc1csc2nc(-c3ccc(Cl)cc3)cn12)N1CCN(c2ccc(Cl)cc2)CC1. The van der Waals surface area contributed by atoms with Gasteiger partial charge in [-0.15, -0.1) is 11.3 Å². The number of aromatic nitrogens is 2. The van der Waals surface area contributed by atoms with Gasteiger partial charge in [-0.1, -0.05) is 35.3 Å². The number of halogens is 2. The lowest BCUT2D eigenvalue weighted by molar-refractivity contribution is -0.131. The molecular formula is C24H22Cl2N4OS. The van der Waals surface area contributed by atoms with Crippen molar-refractivity contribution >= 4 is 51.1 Å². The van der Waals surface area contributed by atoms with Gasteiger partial charge in [0.2, 0.25) is 5.91 Å². The highest BCUT2D eigenvalue weighted by molar-refractivity contribution is 7.15. The highest BCUT2D eigenvalue weighted by Gasteiger charge is 2.21. The number of hydrogen-bond acceptors (Lipinski definition) is 4. The molecule has 3 heterocycles. The van der Waals surface area contributed by atoms with Crippen LogP contribution in [-0.4, -0.2) is 46.4 Å². The smallest absolute Gasteiger partial charge is 0.223 e. The molecule has 0 spiro atoms. The van der Waals surface area contributed by atoms with Crippen LogP contribution in [0.25, 0.3) is 16.2 Å². The minimum absolute atomic E-state index is 0.207. The van der Waals surface area contributed by atoms with Crippen LogP contribution >= 0.6 is 34.5 Å². The molecular weight excluding hydrogens is 463 g/mol. The molecule has 1 aliphatic heterocycles. The molecule has 0 bridgehead atoms. The monoisotopic (exact) mass is 484 g/mol. The van der Waals surface area contributed by atoms with Gasteiger partial charge in [-0.25, -0.2) is 4.98 Å². The molecule has 2 aromatic heterocycles. The van der Waals surface area contributed by atoms with Crippen LogP contribution in [0, 0.1) is 0 Å². The van der Waals surface area contributed by atoms with Crippen LogP contribution in [0.5, 0.6) is 0 Å². The van der Waals surface area contributed by atoms with Gasteiger partial charge in [-0.05, 0) is 42.8 Å². The Bertz CT molecular complexity index is 1230. The zero-order chi connectivity index (χ0) is 22.1. The second-order valence-electron chi connectivity index (χ2n) is 7.86. The summed E-state index contributed by atoms with van der Waals surface area (Å²) in [6.45, 7) is 3.16. The van der Waals surface area contributed by atoms with Gasteiger partial charge in [-0.2, -0.15) is 0 Å². The van der Waals surface area contributed by atoms with Gasteiger partial charge in [0.15, 0.2) is 4.96 Å². The van der Waals surface area contributed by atoms with E-state index in [4.69, 9.17) is 28.2 Å². The van der Waals surface area contributed by atoms with E-state index in [9.17, 15) is 4.79 Å². The third-order valence-corrected chi connectivity index (χ3v) is 7.24. The molecule has 5 nitrogen and oxygen atoms in total. The van der Waals surface area contributed by atoms with Crippen LogP contribution in [0.3, 0.4) is 0 Å². The summed E-state index contributed by atoms with van der Waals surface area (Å²) in [5.41, 5.74) is 4.22. The second kappa shape index (κ2) is 9.14. The Kier molecular flexibility index (Phi) is 6.09. The number of nitrogens with zero attached hydrogens (tertiary/aromatic N) is 4. The van der Waals surface area contributed by atoms with Gasteiger partial charge >= 0.3 is 0 Å². The molecule has 1 aliphatic rings. The lowest BCUT2D eigenvalue weighted by Gasteiger charge is -2.36. The summed E-state index contributed by atoms with van der Waals surface area (Å²) in [6, 6.07) is 15.6. The number of aryl methyl sites for hydroxylation is 1. The Morgan fingerprint density at radius 2 is 1.59 bits per heavy atom. The van der Waals surface area contributed by atoms with Gasteiger partial charge < -0.3 is 9.80 Å². The summed E-state index contributed by atoms with van der Waals surface area (Å²) in [4.78, 5) is 22.8. The van der Waals surface area contributed by atoms with Crippen LogP contribution < -0.4 is 4.90 Å². The van der Waals surface area contributed by atoms with E-state index in [1.165, 1.54) is 0 Å². The number of piperazine rings is 1. The van der Waals surface area contributed by atoms with E-state index in [1.54, 1.807) is 11.3 Å². The van der Waals surface area contributed by atoms with Crippen LogP contribution in [0.15, 0.2) is 60.1 Å². The van der Waals surface area contributed by atoms with Crippen LogP contribution in [0.1, 0.15) is 12.1 Å². The Hall–Kier alpha value is -2.54. The van der Waals surface area contributed by atoms with Crippen LogP contribution in [0.4, 0.5) is 5.69 Å². The molecule has 0 aliphatic carbocycles. The summed E-state index contributed by atoms with van der Waals surface area (Å²) < 4.78 is 2.10. The average Bonchev–Trinajstić information content (AvgIpc) is 3.40. The molecule has 8 heteroatoms. The van der Waals surface area contributed by atoms with Crippen molar-refractivity contribution in [2.75, 3.05) is 31.1 Å². The van der Waals surface area contributed by atoms with Crippen molar-refractivity contribution in [2.24, 2.45) is 0 Å². The quantitative estimate of drug-likeness (QED) is 0.367. The molecule has 2 aromatic carbocycles. The molecule has 5 rings (SSSR count). The van der Waals surface area contributed by atoms with Gasteiger partial charge in [-0.3, -0.25) is 9.20 Å². The number of rotatable bonds is 5. The fourth-order valence-electron chi connectivity index (χ4n) is 4.03. The van der Waals surface area contributed by atoms with Crippen molar-refractivity contribution < 1.29 is 4.79 Å². The minimum atomic E-state index is 0.207. The molecule has 0 atom stereocenters. The average molecular weight is 485 g/mol. The summed E-state index contributed by atoms with van der Waals surface area (Å²) >= 11 is 13.6. The number of hydrogen-bond donors (Lipinski definition) is 0. The fourth-order valence-corrected chi connectivity index (χ4v) is 5.19. The molecule has 0 N–H and O–H groups in total. The number of carbonyl (C=O) groups excluding carboxylic acids is 1. The third-order valence-electron chi connectivity index (χ3n) is 5.84. The van der Waals surface area contributed by atoms with Crippen LogP contribution in [-0.2, 0) is 11.2 Å². The first-order valence-electron chi connectivity index (χ1n) is 10.6. The predicted octanol–water partition coefficient (Wildman–Crippen LogP) is 5.65. The number of anilines is 1. The number of amides is 1. The molecule has 32 heavy (non-hydrogen) atoms.